The van der Waals surface area contributed by atoms with Crippen molar-refractivity contribution in [3.63, 3.8) is 0 Å². The lowest BCUT2D eigenvalue weighted by atomic mass is 10.0. The summed E-state index contributed by atoms with van der Waals surface area (Å²) in [7, 11) is 1.72. The predicted octanol–water partition coefficient (Wildman–Crippen LogP) is 0.383. The summed E-state index contributed by atoms with van der Waals surface area (Å²) in [5.74, 6) is 0.593. The van der Waals surface area contributed by atoms with E-state index in [0.29, 0.717) is 42.0 Å². The van der Waals surface area contributed by atoms with Gasteiger partial charge in [-0.3, -0.25) is 24.5 Å². The van der Waals surface area contributed by atoms with Gasteiger partial charge in [-0.2, -0.15) is 0 Å². The summed E-state index contributed by atoms with van der Waals surface area (Å²) in [6.45, 7) is 2.45. The number of carbonyl (C=O) groups excluding carboxylic acids is 4. The molecule has 3 aliphatic heterocycles. The molecule has 0 spiro atoms. The number of nitrogens with one attached hydrogen (secondary N) is 1. The van der Waals surface area contributed by atoms with E-state index in [1.165, 1.54) is 9.58 Å². The van der Waals surface area contributed by atoms with Crippen molar-refractivity contribution >= 4 is 23.6 Å². The Hall–Kier alpha value is -3.60. The molecule has 1 N–H and O–H groups in total. The molecule has 4 amide bonds. The number of piperidine rings is 2. The van der Waals surface area contributed by atoms with Gasteiger partial charge in [-0.05, 0) is 54.4 Å². The average Bonchev–Trinajstić information content (AvgIpc) is 3.16. The smallest absolute Gasteiger partial charge is 0.276 e. The summed E-state index contributed by atoms with van der Waals surface area (Å²) in [4.78, 5) is 53.0. The lowest BCUT2D eigenvalue weighted by molar-refractivity contribution is -0.136. The van der Waals surface area contributed by atoms with Gasteiger partial charge in [-0.1, -0.05) is 5.21 Å². The van der Waals surface area contributed by atoms with Crippen LogP contribution in [0, 0.1) is 17.8 Å². The normalized spacial score (nSPS) is 27.5. The molecular formula is C24H26N6O5. The van der Waals surface area contributed by atoms with Gasteiger partial charge in [-0.15, -0.1) is 5.10 Å². The van der Waals surface area contributed by atoms with Crippen molar-refractivity contribution in [2.75, 3.05) is 26.8 Å². The van der Waals surface area contributed by atoms with Gasteiger partial charge < -0.3 is 14.5 Å². The Balaban J connectivity index is 1.16. The number of fused-ring (bicyclic) bond motifs is 2. The van der Waals surface area contributed by atoms with Crippen LogP contribution in [0.5, 0.6) is 0 Å². The molecule has 1 aliphatic carbocycles. The summed E-state index contributed by atoms with van der Waals surface area (Å²) >= 11 is 0. The van der Waals surface area contributed by atoms with Crippen molar-refractivity contribution in [3.05, 3.63) is 41.2 Å². The van der Waals surface area contributed by atoms with E-state index in [1.807, 2.05) is 11.0 Å². The zero-order valence-corrected chi connectivity index (χ0v) is 19.3. The number of hydrogen-bond donors (Lipinski definition) is 1. The van der Waals surface area contributed by atoms with E-state index in [4.69, 9.17) is 4.74 Å². The molecule has 4 heterocycles. The topological polar surface area (TPSA) is 127 Å². The molecule has 4 aliphatic rings. The van der Waals surface area contributed by atoms with Gasteiger partial charge >= 0.3 is 0 Å². The SMILES string of the molecule is COC[C@@H]1[C@H]2CCN(C(=O)c3cn(-c4ccc5c(c4)CN(C4CCC(=O)NC4=O)C5=O)nn3)C[C@H]21. The number of hydrogen-bond acceptors (Lipinski definition) is 7. The van der Waals surface area contributed by atoms with Gasteiger partial charge in [0.25, 0.3) is 11.8 Å². The highest BCUT2D eigenvalue weighted by molar-refractivity contribution is 6.05. The van der Waals surface area contributed by atoms with E-state index in [2.05, 4.69) is 15.6 Å². The first-order valence-corrected chi connectivity index (χ1v) is 11.9. The number of benzene rings is 1. The summed E-state index contributed by atoms with van der Waals surface area (Å²) in [5, 5.41) is 10.6. The maximum absolute atomic E-state index is 13.0. The Morgan fingerprint density at radius 3 is 2.86 bits per heavy atom. The fourth-order valence-electron chi connectivity index (χ4n) is 5.85. The van der Waals surface area contributed by atoms with E-state index >= 15 is 0 Å². The highest BCUT2D eigenvalue weighted by Crippen LogP contribution is 2.51. The van der Waals surface area contributed by atoms with Gasteiger partial charge in [0.05, 0.1) is 11.9 Å². The minimum Gasteiger partial charge on any atom is -0.384 e. The van der Waals surface area contributed by atoms with Gasteiger partial charge in [0.1, 0.15) is 6.04 Å². The zero-order chi connectivity index (χ0) is 24.3. The van der Waals surface area contributed by atoms with Crippen LogP contribution in [-0.4, -0.2) is 81.3 Å². The summed E-state index contributed by atoms with van der Waals surface area (Å²) in [6, 6.07) is 4.62. The molecule has 1 saturated carbocycles. The van der Waals surface area contributed by atoms with Crippen LogP contribution in [0.3, 0.4) is 0 Å². The van der Waals surface area contributed by atoms with Crippen molar-refractivity contribution in [2.24, 2.45) is 17.8 Å². The lowest BCUT2D eigenvalue weighted by Gasteiger charge is -2.29. The Kier molecular flexibility index (Phi) is 5.17. The van der Waals surface area contributed by atoms with Gasteiger partial charge in [0, 0.05) is 45.3 Å². The number of amides is 4. The molecule has 11 heteroatoms. The van der Waals surface area contributed by atoms with E-state index in [-0.39, 0.29) is 36.4 Å². The molecule has 35 heavy (non-hydrogen) atoms. The molecular weight excluding hydrogens is 452 g/mol. The maximum atomic E-state index is 13.0. The number of aromatic nitrogens is 3. The third-order valence-electron chi connectivity index (χ3n) is 7.80. The fraction of sp³-hybridized carbons (Fsp3) is 0.500. The first-order chi connectivity index (χ1) is 16.9. The predicted molar refractivity (Wildman–Crippen MR) is 120 cm³/mol. The van der Waals surface area contributed by atoms with Crippen molar-refractivity contribution in [3.8, 4) is 5.69 Å². The minimum atomic E-state index is -0.661. The molecule has 1 aromatic heterocycles. The molecule has 182 valence electrons. The van der Waals surface area contributed by atoms with Crippen LogP contribution < -0.4 is 5.32 Å². The quantitative estimate of drug-likeness (QED) is 0.616. The van der Waals surface area contributed by atoms with Crippen LogP contribution in [-0.2, 0) is 20.9 Å². The number of ether oxygens (including phenoxy) is 1. The largest absolute Gasteiger partial charge is 0.384 e. The van der Waals surface area contributed by atoms with Crippen molar-refractivity contribution in [1.29, 1.82) is 0 Å². The Morgan fingerprint density at radius 2 is 2.06 bits per heavy atom. The van der Waals surface area contributed by atoms with Gasteiger partial charge in [0.2, 0.25) is 11.8 Å². The number of carbonyl (C=O) groups is 4. The van der Waals surface area contributed by atoms with Crippen molar-refractivity contribution in [1.82, 2.24) is 30.1 Å². The molecule has 4 atom stereocenters. The first kappa shape index (κ1) is 21.9. The van der Waals surface area contributed by atoms with Crippen molar-refractivity contribution in [2.45, 2.75) is 31.8 Å². The first-order valence-electron chi connectivity index (χ1n) is 11.9. The molecule has 11 nitrogen and oxygen atoms in total. The minimum absolute atomic E-state index is 0.127. The Labute approximate surface area is 201 Å². The van der Waals surface area contributed by atoms with Crippen LogP contribution in [0.2, 0.25) is 0 Å². The summed E-state index contributed by atoms with van der Waals surface area (Å²) in [5.41, 5.74) is 2.25. The number of imide groups is 1. The number of methoxy groups -OCH3 is 1. The molecule has 0 radical (unpaired) electrons. The third kappa shape index (κ3) is 3.70. The Morgan fingerprint density at radius 1 is 1.20 bits per heavy atom. The lowest BCUT2D eigenvalue weighted by Crippen LogP contribution is -2.52. The average molecular weight is 479 g/mol. The summed E-state index contributed by atoms with van der Waals surface area (Å²) in [6.07, 6.45) is 3.13. The molecule has 3 fully saturated rings. The molecule has 1 unspecified atom stereocenters. The second-order valence-electron chi connectivity index (χ2n) is 9.78. The fourth-order valence-corrected chi connectivity index (χ4v) is 5.85. The van der Waals surface area contributed by atoms with Crippen LogP contribution in [0.4, 0.5) is 0 Å². The van der Waals surface area contributed by atoms with Gasteiger partial charge in [0.15, 0.2) is 5.69 Å². The number of rotatable bonds is 5. The second kappa shape index (κ2) is 8.26. The molecule has 2 aromatic rings. The van der Waals surface area contributed by atoms with E-state index in [9.17, 15) is 19.2 Å². The van der Waals surface area contributed by atoms with E-state index < -0.39 is 11.9 Å². The summed E-state index contributed by atoms with van der Waals surface area (Å²) < 4.78 is 6.82. The monoisotopic (exact) mass is 478 g/mol. The van der Waals surface area contributed by atoms with Gasteiger partial charge in [-0.25, -0.2) is 4.68 Å². The highest BCUT2D eigenvalue weighted by Gasteiger charge is 2.53. The van der Waals surface area contributed by atoms with Crippen LogP contribution in [0.1, 0.15) is 45.7 Å². The van der Waals surface area contributed by atoms with E-state index in [0.717, 1.165) is 25.1 Å². The molecule has 2 saturated heterocycles. The highest BCUT2D eigenvalue weighted by atomic mass is 16.5. The zero-order valence-electron chi connectivity index (χ0n) is 19.3. The molecule has 6 rings (SSSR count). The van der Waals surface area contributed by atoms with Crippen LogP contribution in [0.15, 0.2) is 24.4 Å². The standard InChI is InChI=1S/C24H26N6O5/c1-35-12-18-16-6-7-28(10-17(16)18)24(34)19-11-30(27-26-19)14-2-3-15-13(8-14)9-29(23(15)33)20-4-5-21(31)25-22(20)32/h2-3,8,11,16-18,20H,4-7,9-10,12H2,1H3,(H,25,31,32)/t16-,17+,18+,20?/m0/s1. The van der Waals surface area contributed by atoms with Crippen LogP contribution >= 0.6 is 0 Å². The van der Waals surface area contributed by atoms with Crippen LogP contribution in [0.25, 0.3) is 5.69 Å². The van der Waals surface area contributed by atoms with E-state index in [1.54, 1.807) is 25.4 Å². The number of likely N-dealkylation sites (tertiary alicyclic amines) is 1. The second-order valence-corrected chi connectivity index (χ2v) is 9.78. The maximum Gasteiger partial charge on any atom is 0.276 e. The molecule has 1 aromatic carbocycles. The number of nitrogens with zero attached hydrogens (tertiary/aromatic N) is 5. The Bertz CT molecular complexity index is 1240. The third-order valence-corrected chi connectivity index (χ3v) is 7.80. The van der Waals surface area contributed by atoms with Crippen molar-refractivity contribution < 1.29 is 23.9 Å². The molecule has 0 bridgehead atoms.